The molecular weight excluding hydrogens is 208 g/mol. The van der Waals surface area contributed by atoms with Crippen molar-refractivity contribution in [3.05, 3.63) is 23.8 Å². The second-order valence-corrected chi connectivity index (χ2v) is 5.39. The highest BCUT2D eigenvalue weighted by atomic mass is 14.9. The summed E-state index contributed by atoms with van der Waals surface area (Å²) in [4.78, 5) is 0. The Morgan fingerprint density at radius 1 is 1.18 bits per heavy atom. The predicted molar refractivity (Wildman–Crippen MR) is 77.4 cm³/mol. The average molecular weight is 234 g/mol. The van der Waals surface area contributed by atoms with Crippen LogP contribution in [0.5, 0.6) is 0 Å². The molecule has 0 heterocycles. The Hall–Kier alpha value is -1.18. The normalized spacial score (nSPS) is 12.8. The number of hydrogen-bond acceptors (Lipinski definition) is 2. The summed E-state index contributed by atoms with van der Waals surface area (Å²) in [7, 11) is 0. The second-order valence-electron chi connectivity index (χ2n) is 5.39. The Bertz CT molecular complexity index is 345. The van der Waals surface area contributed by atoms with Gasteiger partial charge in [0, 0.05) is 17.4 Å². The fourth-order valence-electron chi connectivity index (χ4n) is 1.98. The smallest absolute Gasteiger partial charge is 0.0392 e. The highest BCUT2D eigenvalue weighted by molar-refractivity contribution is 5.62. The topological polar surface area (TPSA) is 38.0 Å². The van der Waals surface area contributed by atoms with Crippen LogP contribution in [-0.2, 0) is 0 Å². The van der Waals surface area contributed by atoms with Gasteiger partial charge in [0.15, 0.2) is 0 Å². The number of hydrogen-bond donors (Lipinski definition) is 2. The van der Waals surface area contributed by atoms with Gasteiger partial charge in [0.2, 0.25) is 0 Å². The van der Waals surface area contributed by atoms with E-state index >= 15 is 0 Å². The van der Waals surface area contributed by atoms with Gasteiger partial charge >= 0.3 is 0 Å². The Labute approximate surface area is 106 Å². The molecule has 0 aliphatic heterocycles. The van der Waals surface area contributed by atoms with Crippen molar-refractivity contribution < 1.29 is 0 Å². The van der Waals surface area contributed by atoms with Crippen molar-refractivity contribution in [1.29, 1.82) is 0 Å². The lowest BCUT2D eigenvalue weighted by Gasteiger charge is -2.18. The summed E-state index contributed by atoms with van der Waals surface area (Å²) in [6, 6.07) is 6.56. The summed E-state index contributed by atoms with van der Waals surface area (Å²) >= 11 is 0. The van der Waals surface area contributed by atoms with Crippen molar-refractivity contribution in [2.24, 2.45) is 5.92 Å². The van der Waals surface area contributed by atoms with Crippen LogP contribution in [0.1, 0.15) is 45.6 Å². The number of rotatable bonds is 6. The highest BCUT2D eigenvalue weighted by Crippen LogP contribution is 2.22. The summed E-state index contributed by atoms with van der Waals surface area (Å²) in [6.45, 7) is 8.86. The molecule has 1 unspecified atom stereocenters. The summed E-state index contributed by atoms with van der Waals surface area (Å²) < 4.78 is 0. The van der Waals surface area contributed by atoms with E-state index < -0.39 is 0 Å². The molecule has 0 amide bonds. The lowest BCUT2D eigenvalue weighted by molar-refractivity contribution is 0.520. The second kappa shape index (κ2) is 6.53. The van der Waals surface area contributed by atoms with Crippen LogP contribution in [0, 0.1) is 12.8 Å². The SMILES string of the molecule is Cc1c(N)cccc1NC(C)CCCC(C)C. The van der Waals surface area contributed by atoms with Gasteiger partial charge in [0.1, 0.15) is 0 Å². The number of nitrogens with one attached hydrogen (secondary N) is 1. The van der Waals surface area contributed by atoms with Crippen molar-refractivity contribution in [3.8, 4) is 0 Å². The zero-order valence-corrected chi connectivity index (χ0v) is 11.6. The van der Waals surface area contributed by atoms with Crippen LogP contribution in [0.2, 0.25) is 0 Å². The lowest BCUT2D eigenvalue weighted by Crippen LogP contribution is -2.16. The third-order valence-electron chi connectivity index (χ3n) is 3.20. The van der Waals surface area contributed by atoms with E-state index in [1.54, 1.807) is 0 Å². The number of nitrogen functional groups attached to an aromatic ring is 1. The molecular formula is C15H26N2. The molecule has 0 aliphatic rings. The van der Waals surface area contributed by atoms with Crippen LogP contribution in [0.25, 0.3) is 0 Å². The monoisotopic (exact) mass is 234 g/mol. The van der Waals surface area contributed by atoms with E-state index in [2.05, 4.69) is 39.1 Å². The maximum Gasteiger partial charge on any atom is 0.0392 e. The molecule has 1 rings (SSSR count). The minimum Gasteiger partial charge on any atom is -0.398 e. The summed E-state index contributed by atoms with van der Waals surface area (Å²) in [5.74, 6) is 0.802. The molecule has 0 saturated carbocycles. The summed E-state index contributed by atoms with van der Waals surface area (Å²) in [5, 5.41) is 3.54. The van der Waals surface area contributed by atoms with Crippen molar-refractivity contribution >= 4 is 11.4 Å². The minimum atomic E-state index is 0.509. The first-order chi connectivity index (χ1) is 8.00. The third kappa shape index (κ3) is 4.68. The van der Waals surface area contributed by atoms with Gasteiger partial charge in [-0.3, -0.25) is 0 Å². The van der Waals surface area contributed by atoms with E-state index in [-0.39, 0.29) is 0 Å². The van der Waals surface area contributed by atoms with E-state index in [4.69, 9.17) is 5.73 Å². The largest absolute Gasteiger partial charge is 0.398 e. The van der Waals surface area contributed by atoms with Crippen molar-refractivity contribution in [2.45, 2.75) is 53.0 Å². The zero-order chi connectivity index (χ0) is 12.8. The molecule has 96 valence electrons. The molecule has 3 N–H and O–H groups in total. The molecule has 2 heteroatoms. The van der Waals surface area contributed by atoms with Gasteiger partial charge in [0.05, 0.1) is 0 Å². The van der Waals surface area contributed by atoms with Crippen LogP contribution in [-0.4, -0.2) is 6.04 Å². The minimum absolute atomic E-state index is 0.509. The average Bonchev–Trinajstić information content (AvgIpc) is 2.24. The molecule has 0 saturated heterocycles. The van der Waals surface area contributed by atoms with Gasteiger partial charge < -0.3 is 11.1 Å². The predicted octanol–water partition coefficient (Wildman–Crippen LogP) is 4.20. The van der Waals surface area contributed by atoms with Crippen LogP contribution in [0.3, 0.4) is 0 Å². The van der Waals surface area contributed by atoms with Crippen LogP contribution >= 0.6 is 0 Å². The molecule has 0 aliphatic carbocycles. The molecule has 1 aromatic carbocycles. The number of nitrogens with two attached hydrogens (primary N) is 1. The number of benzene rings is 1. The van der Waals surface area contributed by atoms with Gasteiger partial charge in [-0.2, -0.15) is 0 Å². The van der Waals surface area contributed by atoms with Crippen molar-refractivity contribution in [3.63, 3.8) is 0 Å². The van der Waals surface area contributed by atoms with Gasteiger partial charge in [-0.25, -0.2) is 0 Å². The zero-order valence-electron chi connectivity index (χ0n) is 11.6. The Balaban J connectivity index is 2.45. The third-order valence-corrected chi connectivity index (χ3v) is 3.20. The van der Waals surface area contributed by atoms with Crippen molar-refractivity contribution in [1.82, 2.24) is 0 Å². The van der Waals surface area contributed by atoms with E-state index in [0.717, 1.165) is 17.2 Å². The molecule has 2 nitrogen and oxygen atoms in total. The fraction of sp³-hybridized carbons (Fsp3) is 0.600. The van der Waals surface area contributed by atoms with Crippen LogP contribution < -0.4 is 11.1 Å². The molecule has 17 heavy (non-hydrogen) atoms. The van der Waals surface area contributed by atoms with E-state index in [1.165, 1.54) is 24.9 Å². The Morgan fingerprint density at radius 3 is 2.53 bits per heavy atom. The Morgan fingerprint density at radius 2 is 1.88 bits per heavy atom. The standard InChI is InChI=1S/C15H26N2/c1-11(2)7-5-8-12(3)17-15-10-6-9-14(16)13(15)4/h6,9-12,17H,5,7-8,16H2,1-4H3. The molecule has 0 bridgehead atoms. The van der Waals surface area contributed by atoms with Gasteiger partial charge in [-0.05, 0) is 43.9 Å². The summed E-state index contributed by atoms with van der Waals surface area (Å²) in [5.41, 5.74) is 9.09. The maximum atomic E-state index is 5.90. The first-order valence-electron chi connectivity index (χ1n) is 6.62. The maximum absolute atomic E-state index is 5.90. The first kappa shape index (κ1) is 13.9. The van der Waals surface area contributed by atoms with Gasteiger partial charge in [-0.1, -0.05) is 32.8 Å². The molecule has 0 aromatic heterocycles. The lowest BCUT2D eigenvalue weighted by atomic mass is 10.0. The fourth-order valence-corrected chi connectivity index (χ4v) is 1.98. The Kier molecular flexibility index (Phi) is 5.33. The van der Waals surface area contributed by atoms with Gasteiger partial charge in [-0.15, -0.1) is 0 Å². The van der Waals surface area contributed by atoms with Crippen LogP contribution in [0.15, 0.2) is 18.2 Å². The molecule has 0 radical (unpaired) electrons. The number of anilines is 2. The van der Waals surface area contributed by atoms with E-state index in [9.17, 15) is 0 Å². The quantitative estimate of drug-likeness (QED) is 0.724. The van der Waals surface area contributed by atoms with Gasteiger partial charge in [0.25, 0.3) is 0 Å². The highest BCUT2D eigenvalue weighted by Gasteiger charge is 2.06. The van der Waals surface area contributed by atoms with Crippen LogP contribution in [0.4, 0.5) is 11.4 Å². The molecule has 1 atom stereocenters. The van der Waals surface area contributed by atoms with Crippen molar-refractivity contribution in [2.75, 3.05) is 11.1 Å². The molecule has 1 aromatic rings. The van der Waals surface area contributed by atoms with E-state index in [1.807, 2.05) is 12.1 Å². The van der Waals surface area contributed by atoms with E-state index in [0.29, 0.717) is 6.04 Å². The first-order valence-corrected chi connectivity index (χ1v) is 6.62. The molecule has 0 fully saturated rings. The molecule has 0 spiro atoms. The summed E-state index contributed by atoms with van der Waals surface area (Å²) in [6.07, 6.45) is 3.81.